The molecule has 7 nitrogen and oxygen atoms in total. The molecule has 4 rings (SSSR count). The molecular weight excluding hydrogens is 406 g/mol. The normalized spacial score (nSPS) is 10.7. The number of ether oxygens (including phenoxy) is 1. The SMILES string of the molecule is Cc1ccc(Cl)c(OCc2ccc(-c3nc(-c4ccc([N+](=O)[O-])cc4)no3)cc2)c1. The standard InChI is InChI=1S/C22H16ClN3O4/c1-14-2-11-19(23)20(12-14)29-13-15-3-5-17(6-4-15)22-24-21(25-30-22)16-7-9-18(10-8-16)26(27)28/h2-12H,13H2,1H3. The van der Waals surface area contributed by atoms with Crippen LogP contribution >= 0.6 is 11.6 Å². The minimum Gasteiger partial charge on any atom is -0.487 e. The summed E-state index contributed by atoms with van der Waals surface area (Å²) in [6.45, 7) is 2.36. The van der Waals surface area contributed by atoms with Crippen LogP contribution in [-0.4, -0.2) is 15.1 Å². The third-order valence-electron chi connectivity index (χ3n) is 4.44. The molecule has 3 aromatic carbocycles. The van der Waals surface area contributed by atoms with Crippen LogP contribution < -0.4 is 4.74 Å². The van der Waals surface area contributed by atoms with Crippen molar-refractivity contribution in [3.63, 3.8) is 0 Å². The van der Waals surface area contributed by atoms with Crippen molar-refractivity contribution in [3.8, 4) is 28.6 Å². The van der Waals surface area contributed by atoms with E-state index < -0.39 is 4.92 Å². The third kappa shape index (κ3) is 4.31. The molecule has 30 heavy (non-hydrogen) atoms. The highest BCUT2D eigenvalue weighted by Crippen LogP contribution is 2.27. The number of hydrogen-bond donors (Lipinski definition) is 0. The van der Waals surface area contributed by atoms with E-state index in [2.05, 4.69) is 10.1 Å². The summed E-state index contributed by atoms with van der Waals surface area (Å²) in [5.74, 6) is 1.37. The molecule has 0 fully saturated rings. The Labute approximate surface area is 177 Å². The van der Waals surface area contributed by atoms with E-state index in [1.807, 2.05) is 49.4 Å². The fourth-order valence-electron chi connectivity index (χ4n) is 2.82. The first-order valence-electron chi connectivity index (χ1n) is 9.06. The highest BCUT2D eigenvalue weighted by Gasteiger charge is 2.12. The van der Waals surface area contributed by atoms with Crippen LogP contribution in [0.25, 0.3) is 22.8 Å². The number of nitrogens with zero attached hydrogens (tertiary/aromatic N) is 3. The van der Waals surface area contributed by atoms with Crippen molar-refractivity contribution in [2.24, 2.45) is 0 Å². The van der Waals surface area contributed by atoms with Crippen LogP contribution in [0.4, 0.5) is 5.69 Å². The van der Waals surface area contributed by atoms with Crippen LogP contribution in [0.5, 0.6) is 5.75 Å². The molecule has 1 aromatic heterocycles. The molecule has 0 bridgehead atoms. The summed E-state index contributed by atoms with van der Waals surface area (Å²) in [4.78, 5) is 14.7. The van der Waals surface area contributed by atoms with Crippen molar-refractivity contribution in [2.45, 2.75) is 13.5 Å². The summed E-state index contributed by atoms with van der Waals surface area (Å²) < 4.78 is 11.1. The zero-order valence-electron chi connectivity index (χ0n) is 15.9. The van der Waals surface area contributed by atoms with E-state index >= 15 is 0 Å². The van der Waals surface area contributed by atoms with E-state index in [1.165, 1.54) is 12.1 Å². The Balaban J connectivity index is 1.45. The van der Waals surface area contributed by atoms with Gasteiger partial charge < -0.3 is 9.26 Å². The quantitative estimate of drug-likeness (QED) is 0.286. The molecule has 0 N–H and O–H groups in total. The van der Waals surface area contributed by atoms with Gasteiger partial charge in [-0.05, 0) is 54.4 Å². The summed E-state index contributed by atoms with van der Waals surface area (Å²) in [5.41, 5.74) is 3.44. The van der Waals surface area contributed by atoms with E-state index in [0.29, 0.717) is 34.7 Å². The molecule has 0 aliphatic rings. The lowest BCUT2D eigenvalue weighted by Gasteiger charge is -2.09. The minimum absolute atomic E-state index is 0.00669. The van der Waals surface area contributed by atoms with Crippen LogP contribution in [0.2, 0.25) is 5.02 Å². The number of non-ortho nitro benzene ring substituents is 1. The van der Waals surface area contributed by atoms with E-state index in [9.17, 15) is 10.1 Å². The van der Waals surface area contributed by atoms with Crippen molar-refractivity contribution < 1.29 is 14.2 Å². The molecule has 0 atom stereocenters. The fourth-order valence-corrected chi connectivity index (χ4v) is 2.99. The van der Waals surface area contributed by atoms with Crippen LogP contribution in [0.1, 0.15) is 11.1 Å². The van der Waals surface area contributed by atoms with Gasteiger partial charge in [0.1, 0.15) is 12.4 Å². The summed E-state index contributed by atoms with van der Waals surface area (Å²) in [5, 5.41) is 15.3. The molecule has 0 aliphatic carbocycles. The lowest BCUT2D eigenvalue weighted by atomic mass is 10.1. The third-order valence-corrected chi connectivity index (χ3v) is 4.76. The second kappa shape index (κ2) is 8.34. The Morgan fingerprint density at radius 1 is 1.03 bits per heavy atom. The molecule has 0 unspecified atom stereocenters. The van der Waals surface area contributed by atoms with Crippen LogP contribution in [0.3, 0.4) is 0 Å². The van der Waals surface area contributed by atoms with Gasteiger partial charge in [-0.25, -0.2) is 0 Å². The Hall–Kier alpha value is -3.71. The molecule has 150 valence electrons. The van der Waals surface area contributed by atoms with Gasteiger partial charge in [0.2, 0.25) is 5.82 Å². The van der Waals surface area contributed by atoms with Gasteiger partial charge in [0.15, 0.2) is 0 Å². The van der Waals surface area contributed by atoms with Crippen LogP contribution in [-0.2, 0) is 6.61 Å². The lowest BCUT2D eigenvalue weighted by Crippen LogP contribution is -1.96. The largest absolute Gasteiger partial charge is 0.487 e. The Bertz CT molecular complexity index is 1190. The topological polar surface area (TPSA) is 91.3 Å². The van der Waals surface area contributed by atoms with E-state index in [0.717, 1.165) is 16.7 Å². The summed E-state index contributed by atoms with van der Waals surface area (Å²) in [6.07, 6.45) is 0. The average Bonchev–Trinajstić information content (AvgIpc) is 3.25. The van der Waals surface area contributed by atoms with Crippen molar-refractivity contribution >= 4 is 17.3 Å². The predicted octanol–water partition coefficient (Wildman–Crippen LogP) is 5.85. The number of halogens is 1. The zero-order chi connectivity index (χ0) is 21.1. The van der Waals surface area contributed by atoms with Crippen LogP contribution in [0, 0.1) is 17.0 Å². The zero-order valence-corrected chi connectivity index (χ0v) is 16.7. The molecule has 0 radical (unpaired) electrons. The predicted molar refractivity (Wildman–Crippen MR) is 112 cm³/mol. The van der Waals surface area contributed by atoms with Crippen molar-refractivity contribution in [1.29, 1.82) is 0 Å². The highest BCUT2D eigenvalue weighted by atomic mass is 35.5. The average molecular weight is 422 g/mol. The van der Waals surface area contributed by atoms with Gasteiger partial charge in [-0.3, -0.25) is 10.1 Å². The lowest BCUT2D eigenvalue weighted by molar-refractivity contribution is -0.384. The Morgan fingerprint density at radius 2 is 1.73 bits per heavy atom. The highest BCUT2D eigenvalue weighted by molar-refractivity contribution is 6.32. The number of rotatable bonds is 6. The Morgan fingerprint density at radius 3 is 2.43 bits per heavy atom. The second-order valence-corrected chi connectivity index (χ2v) is 7.05. The first-order chi connectivity index (χ1) is 14.5. The second-order valence-electron chi connectivity index (χ2n) is 6.65. The molecule has 1 heterocycles. The molecule has 0 saturated heterocycles. The number of aromatic nitrogens is 2. The first-order valence-corrected chi connectivity index (χ1v) is 9.44. The maximum absolute atomic E-state index is 10.8. The molecule has 0 spiro atoms. The number of nitro groups is 1. The van der Waals surface area contributed by atoms with Gasteiger partial charge in [-0.2, -0.15) is 4.98 Å². The monoisotopic (exact) mass is 421 g/mol. The van der Waals surface area contributed by atoms with Gasteiger partial charge in [-0.15, -0.1) is 0 Å². The van der Waals surface area contributed by atoms with Crippen molar-refractivity contribution in [2.75, 3.05) is 0 Å². The van der Waals surface area contributed by atoms with Gasteiger partial charge >= 0.3 is 0 Å². The van der Waals surface area contributed by atoms with E-state index in [-0.39, 0.29) is 5.69 Å². The number of hydrogen-bond acceptors (Lipinski definition) is 6. The van der Waals surface area contributed by atoms with Gasteiger partial charge in [0.25, 0.3) is 11.6 Å². The molecule has 4 aromatic rings. The smallest absolute Gasteiger partial charge is 0.269 e. The molecular formula is C22H16ClN3O4. The maximum atomic E-state index is 10.8. The number of aryl methyl sites for hydroxylation is 1. The maximum Gasteiger partial charge on any atom is 0.269 e. The number of benzene rings is 3. The van der Waals surface area contributed by atoms with Crippen molar-refractivity contribution in [1.82, 2.24) is 10.1 Å². The van der Waals surface area contributed by atoms with E-state index in [4.69, 9.17) is 20.9 Å². The molecule has 8 heteroatoms. The Kier molecular flexibility index (Phi) is 5.45. The molecule has 0 aliphatic heterocycles. The van der Waals surface area contributed by atoms with Crippen LogP contribution in [0.15, 0.2) is 71.3 Å². The van der Waals surface area contributed by atoms with Gasteiger partial charge in [0.05, 0.1) is 9.95 Å². The van der Waals surface area contributed by atoms with Gasteiger partial charge in [-0.1, -0.05) is 35.0 Å². The summed E-state index contributed by atoms with van der Waals surface area (Å²) in [6, 6.07) is 19.2. The summed E-state index contributed by atoms with van der Waals surface area (Å²) >= 11 is 6.16. The first kappa shape index (κ1) is 19.6. The van der Waals surface area contributed by atoms with Gasteiger partial charge in [0, 0.05) is 23.3 Å². The van der Waals surface area contributed by atoms with E-state index in [1.54, 1.807) is 12.1 Å². The minimum atomic E-state index is -0.455. The fraction of sp³-hybridized carbons (Fsp3) is 0.0909. The molecule has 0 saturated carbocycles. The summed E-state index contributed by atoms with van der Waals surface area (Å²) in [7, 11) is 0. The van der Waals surface area contributed by atoms with Crippen molar-refractivity contribution in [3.05, 3.63) is 93.0 Å². The molecule has 0 amide bonds. The number of nitro benzene ring substituents is 1.